The molecule has 0 N–H and O–H groups in total. The Morgan fingerprint density at radius 3 is 2.06 bits per heavy atom. The second-order valence-corrected chi connectivity index (χ2v) is 8.41. The Labute approximate surface area is 219 Å². The van der Waals surface area contributed by atoms with Crippen molar-refractivity contribution >= 4 is 21.9 Å². The number of hydrogen-bond donors (Lipinski definition) is 0. The van der Waals surface area contributed by atoms with Crippen molar-refractivity contribution in [2.24, 2.45) is 0 Å². The molecule has 0 spiro atoms. The van der Waals surface area contributed by atoms with E-state index in [9.17, 15) is 0 Å². The number of fused-ring (bicyclic) bond motifs is 3. The molecule has 0 saturated heterocycles. The van der Waals surface area contributed by atoms with E-state index in [1.54, 1.807) is 0 Å². The van der Waals surface area contributed by atoms with Gasteiger partial charge in [0.15, 0.2) is 0 Å². The van der Waals surface area contributed by atoms with Gasteiger partial charge in [-0.3, -0.25) is 0 Å². The Morgan fingerprint density at radius 2 is 1.31 bits per heavy atom. The molecule has 0 fully saturated rings. The van der Waals surface area contributed by atoms with Crippen LogP contribution in [-0.2, 0) is 20.1 Å². The zero-order valence-corrected chi connectivity index (χ0v) is 22.2. The Kier molecular flexibility index (Phi) is 7.55. The Bertz CT molecular complexity index is 1560. The number of aromatic nitrogens is 2. The van der Waals surface area contributed by atoms with Crippen molar-refractivity contribution in [2.75, 3.05) is 0 Å². The monoisotopic (exact) mass is 633 g/mol. The minimum Gasteiger partial charge on any atom is -0.501 e. The van der Waals surface area contributed by atoms with E-state index < -0.39 is 0 Å². The predicted octanol–water partition coefficient (Wildman–Crippen LogP) is 7.92. The van der Waals surface area contributed by atoms with Gasteiger partial charge in [-0.05, 0) is 43.4 Å². The number of hydrogen-bond acceptors (Lipinski definition) is 3. The molecule has 3 aromatic carbocycles. The quantitative estimate of drug-likeness (QED) is 0.182. The molecule has 6 aromatic rings. The van der Waals surface area contributed by atoms with Crippen molar-refractivity contribution in [3.63, 3.8) is 0 Å². The van der Waals surface area contributed by atoms with Crippen molar-refractivity contribution in [2.45, 2.75) is 20.8 Å². The van der Waals surface area contributed by atoms with Crippen LogP contribution in [0.25, 0.3) is 44.5 Å². The molecule has 4 heteroatoms. The van der Waals surface area contributed by atoms with Gasteiger partial charge in [0.25, 0.3) is 0 Å². The van der Waals surface area contributed by atoms with Crippen LogP contribution in [0.15, 0.2) is 95.7 Å². The molecule has 0 unspecified atom stereocenters. The van der Waals surface area contributed by atoms with Crippen molar-refractivity contribution in [1.29, 1.82) is 0 Å². The first-order valence-electron chi connectivity index (χ1n) is 11.2. The molecule has 0 aliphatic heterocycles. The molecule has 175 valence electrons. The third kappa shape index (κ3) is 5.40. The molecule has 6 rings (SSSR count). The first-order chi connectivity index (χ1) is 16.6. The minimum atomic E-state index is 0. The Hall–Kier alpha value is -3.59. The molecule has 35 heavy (non-hydrogen) atoms. The molecule has 0 saturated carbocycles. The average Bonchev–Trinajstić information content (AvgIpc) is 3.23. The number of benzene rings is 3. The van der Waals surface area contributed by atoms with Gasteiger partial charge in [0, 0.05) is 37.9 Å². The van der Waals surface area contributed by atoms with Gasteiger partial charge in [-0.1, -0.05) is 59.3 Å². The van der Waals surface area contributed by atoms with Crippen LogP contribution < -0.4 is 0 Å². The van der Waals surface area contributed by atoms with Crippen LogP contribution in [0.5, 0.6) is 0 Å². The Balaban J connectivity index is 0.000000171. The van der Waals surface area contributed by atoms with E-state index in [1.807, 2.05) is 67.0 Å². The van der Waals surface area contributed by atoms with Crippen LogP contribution in [0.4, 0.5) is 0 Å². The van der Waals surface area contributed by atoms with Gasteiger partial charge in [-0.15, -0.1) is 53.6 Å². The van der Waals surface area contributed by atoms with Gasteiger partial charge < -0.3 is 14.4 Å². The average molecular weight is 633 g/mol. The summed E-state index contributed by atoms with van der Waals surface area (Å²) < 4.78 is 6.01. The fourth-order valence-corrected chi connectivity index (χ4v) is 3.97. The van der Waals surface area contributed by atoms with E-state index in [0.717, 1.165) is 44.5 Å². The van der Waals surface area contributed by atoms with Crippen LogP contribution >= 0.6 is 0 Å². The first-order valence-corrected chi connectivity index (χ1v) is 11.2. The molecule has 3 aromatic heterocycles. The molecule has 0 aliphatic rings. The summed E-state index contributed by atoms with van der Waals surface area (Å²) in [6, 6.07) is 32.7. The number of aryl methyl sites for hydroxylation is 3. The largest absolute Gasteiger partial charge is 0.501 e. The van der Waals surface area contributed by atoms with Crippen molar-refractivity contribution in [3.05, 3.63) is 120 Å². The second kappa shape index (κ2) is 10.8. The van der Waals surface area contributed by atoms with E-state index in [1.165, 1.54) is 16.7 Å². The molecular weight excluding hydrogens is 609 g/mol. The summed E-state index contributed by atoms with van der Waals surface area (Å²) in [6.07, 6.45) is 3.65. The second-order valence-electron chi connectivity index (χ2n) is 8.41. The molecular formula is C31H24IrN2O-2. The van der Waals surface area contributed by atoms with E-state index >= 15 is 0 Å². The summed E-state index contributed by atoms with van der Waals surface area (Å²) in [5.41, 5.74) is 9.27. The van der Waals surface area contributed by atoms with E-state index in [4.69, 9.17) is 4.42 Å². The number of furan rings is 1. The van der Waals surface area contributed by atoms with Gasteiger partial charge in [0.05, 0.1) is 5.58 Å². The maximum atomic E-state index is 6.01. The first kappa shape index (κ1) is 24.5. The summed E-state index contributed by atoms with van der Waals surface area (Å²) in [5.74, 6) is 0. The normalized spacial score (nSPS) is 10.5. The molecule has 0 atom stereocenters. The van der Waals surface area contributed by atoms with Gasteiger partial charge in [-0.25, -0.2) is 0 Å². The van der Waals surface area contributed by atoms with Crippen molar-refractivity contribution in [1.82, 2.24) is 9.97 Å². The van der Waals surface area contributed by atoms with Crippen LogP contribution in [0.2, 0.25) is 0 Å². The topological polar surface area (TPSA) is 38.9 Å². The number of nitrogens with zero attached hydrogens (tertiary/aromatic N) is 2. The molecule has 3 nitrogen and oxygen atoms in total. The predicted molar refractivity (Wildman–Crippen MR) is 139 cm³/mol. The van der Waals surface area contributed by atoms with E-state index in [0.29, 0.717) is 0 Å². The summed E-state index contributed by atoms with van der Waals surface area (Å²) >= 11 is 0. The SMILES string of the molecule is Cc1cc[c-]c(-c2cc(C)ccn2)c1.Cc1ccnc(-c2[c-]ccc3c2oc2ccccc23)c1.[Ir]. The third-order valence-electron chi connectivity index (χ3n) is 5.66. The van der Waals surface area contributed by atoms with Crippen molar-refractivity contribution in [3.8, 4) is 22.5 Å². The summed E-state index contributed by atoms with van der Waals surface area (Å²) in [7, 11) is 0. The fourth-order valence-electron chi connectivity index (χ4n) is 3.97. The smallest absolute Gasteiger partial charge is 0.120 e. The summed E-state index contributed by atoms with van der Waals surface area (Å²) in [4.78, 5) is 8.76. The molecule has 0 bridgehead atoms. The van der Waals surface area contributed by atoms with E-state index in [-0.39, 0.29) is 20.1 Å². The Morgan fingerprint density at radius 1 is 0.657 bits per heavy atom. The summed E-state index contributed by atoms with van der Waals surface area (Å²) in [6.45, 7) is 6.21. The van der Waals surface area contributed by atoms with Crippen LogP contribution in [0.3, 0.4) is 0 Å². The molecule has 1 radical (unpaired) electrons. The van der Waals surface area contributed by atoms with E-state index in [2.05, 4.69) is 67.1 Å². The molecule has 0 amide bonds. The number of rotatable bonds is 2. The van der Waals surface area contributed by atoms with Crippen LogP contribution in [0, 0.1) is 32.9 Å². The van der Waals surface area contributed by atoms with Gasteiger partial charge >= 0.3 is 0 Å². The van der Waals surface area contributed by atoms with Crippen molar-refractivity contribution < 1.29 is 24.5 Å². The maximum Gasteiger partial charge on any atom is 0.120 e. The standard InChI is InChI=1S/C18H12NO.C13H12N.Ir/c1-12-9-10-19-16(11-12)15-7-4-6-14-13-5-2-3-8-17(13)20-18(14)15;1-10-4-3-5-12(8-10)13-9-11(2)6-7-14-13;/h2-6,8-11H,1H3;3-4,6-9H,1-2H3;/q2*-1;. The minimum absolute atomic E-state index is 0. The van der Waals surface area contributed by atoms with Crippen LogP contribution in [-0.4, -0.2) is 9.97 Å². The zero-order chi connectivity index (χ0) is 23.5. The maximum absolute atomic E-state index is 6.01. The number of para-hydroxylation sites is 1. The third-order valence-corrected chi connectivity index (χ3v) is 5.66. The van der Waals surface area contributed by atoms with Gasteiger partial charge in [-0.2, -0.15) is 0 Å². The number of pyridine rings is 2. The zero-order valence-electron chi connectivity index (χ0n) is 19.8. The fraction of sp³-hybridized carbons (Fsp3) is 0.0968. The molecule has 3 heterocycles. The van der Waals surface area contributed by atoms with Gasteiger partial charge in [0.2, 0.25) is 0 Å². The summed E-state index contributed by atoms with van der Waals surface area (Å²) in [5, 5.41) is 2.24. The van der Waals surface area contributed by atoms with Crippen LogP contribution in [0.1, 0.15) is 16.7 Å². The molecule has 0 aliphatic carbocycles. The van der Waals surface area contributed by atoms with Gasteiger partial charge in [0.1, 0.15) is 5.58 Å².